The number of esters is 1. The second kappa shape index (κ2) is 9.91. The molecule has 3 rings (SSSR count). The number of amides is 1. The molecule has 8 heteroatoms. The smallest absolute Gasteiger partial charge is 0.337 e. The van der Waals surface area contributed by atoms with Crippen LogP contribution < -0.4 is 10.1 Å². The van der Waals surface area contributed by atoms with Gasteiger partial charge in [-0.2, -0.15) is 0 Å². The SMILES string of the molecule is COC(=O)c1ccc(OCc2ccc(C(=O)NCCN3CCOCC3)o2)cc1. The molecule has 1 aliphatic rings. The van der Waals surface area contributed by atoms with E-state index in [0.717, 1.165) is 32.8 Å². The van der Waals surface area contributed by atoms with Crippen LogP contribution in [-0.4, -0.2) is 63.3 Å². The fraction of sp³-hybridized carbons (Fsp3) is 0.400. The number of hydrogen-bond acceptors (Lipinski definition) is 7. The molecule has 0 atom stereocenters. The fourth-order valence-corrected chi connectivity index (χ4v) is 2.78. The maximum atomic E-state index is 12.2. The molecule has 150 valence electrons. The predicted octanol–water partition coefficient (Wildman–Crippen LogP) is 1.71. The number of nitrogens with one attached hydrogen (secondary N) is 1. The maximum absolute atomic E-state index is 12.2. The average Bonchev–Trinajstić information content (AvgIpc) is 3.22. The van der Waals surface area contributed by atoms with Crippen molar-refractivity contribution in [3.8, 4) is 5.75 Å². The summed E-state index contributed by atoms with van der Waals surface area (Å²) in [4.78, 5) is 25.8. The molecule has 1 aliphatic heterocycles. The molecule has 0 saturated carbocycles. The van der Waals surface area contributed by atoms with E-state index in [1.54, 1.807) is 36.4 Å². The Morgan fingerprint density at radius 2 is 1.86 bits per heavy atom. The third-order valence-corrected chi connectivity index (χ3v) is 4.36. The minimum absolute atomic E-state index is 0.179. The highest BCUT2D eigenvalue weighted by Crippen LogP contribution is 2.16. The van der Waals surface area contributed by atoms with Gasteiger partial charge in [0.1, 0.15) is 18.1 Å². The zero-order valence-electron chi connectivity index (χ0n) is 15.8. The van der Waals surface area contributed by atoms with E-state index in [1.165, 1.54) is 7.11 Å². The Labute approximate surface area is 163 Å². The third kappa shape index (κ3) is 5.58. The van der Waals surface area contributed by atoms with Gasteiger partial charge < -0.3 is 23.9 Å². The Kier molecular flexibility index (Phi) is 7.05. The normalized spacial score (nSPS) is 14.5. The molecule has 1 amide bonds. The molecule has 0 radical (unpaired) electrons. The highest BCUT2D eigenvalue weighted by molar-refractivity contribution is 5.91. The number of rotatable bonds is 8. The summed E-state index contributed by atoms with van der Waals surface area (Å²) in [5.41, 5.74) is 0.448. The first-order valence-corrected chi connectivity index (χ1v) is 9.14. The number of nitrogens with zero attached hydrogens (tertiary/aromatic N) is 1. The molecule has 8 nitrogen and oxygen atoms in total. The summed E-state index contributed by atoms with van der Waals surface area (Å²) in [6.07, 6.45) is 0. The number of methoxy groups -OCH3 is 1. The summed E-state index contributed by atoms with van der Waals surface area (Å²) in [6, 6.07) is 9.93. The highest BCUT2D eigenvalue weighted by Gasteiger charge is 2.13. The molecular weight excluding hydrogens is 364 g/mol. The van der Waals surface area contributed by atoms with Gasteiger partial charge in [0.2, 0.25) is 0 Å². The van der Waals surface area contributed by atoms with Gasteiger partial charge in [-0.25, -0.2) is 4.79 Å². The Morgan fingerprint density at radius 1 is 1.11 bits per heavy atom. The van der Waals surface area contributed by atoms with Crippen LogP contribution in [0.25, 0.3) is 0 Å². The third-order valence-electron chi connectivity index (χ3n) is 4.36. The summed E-state index contributed by atoms with van der Waals surface area (Å²) >= 11 is 0. The van der Waals surface area contributed by atoms with Gasteiger partial charge in [-0.1, -0.05) is 0 Å². The van der Waals surface area contributed by atoms with E-state index in [9.17, 15) is 9.59 Å². The summed E-state index contributed by atoms with van der Waals surface area (Å²) in [6.45, 7) is 4.77. The molecule has 1 aromatic heterocycles. The van der Waals surface area contributed by atoms with Gasteiger partial charge in [0.15, 0.2) is 5.76 Å². The van der Waals surface area contributed by atoms with Gasteiger partial charge >= 0.3 is 5.97 Å². The van der Waals surface area contributed by atoms with E-state index in [1.807, 2.05) is 0 Å². The van der Waals surface area contributed by atoms with Crippen LogP contribution in [0.2, 0.25) is 0 Å². The van der Waals surface area contributed by atoms with Gasteiger partial charge in [0.25, 0.3) is 5.91 Å². The Balaban J connectivity index is 1.43. The second-order valence-corrected chi connectivity index (χ2v) is 6.28. The topological polar surface area (TPSA) is 90.2 Å². The van der Waals surface area contributed by atoms with Crippen LogP contribution in [0.4, 0.5) is 0 Å². The number of ether oxygens (including phenoxy) is 3. The molecule has 1 aromatic carbocycles. The van der Waals surface area contributed by atoms with Crippen molar-refractivity contribution in [2.24, 2.45) is 0 Å². The lowest BCUT2D eigenvalue weighted by molar-refractivity contribution is 0.0382. The van der Waals surface area contributed by atoms with Crippen LogP contribution in [0.15, 0.2) is 40.8 Å². The largest absolute Gasteiger partial charge is 0.486 e. The molecule has 0 aliphatic carbocycles. The summed E-state index contributed by atoms with van der Waals surface area (Å²) in [5, 5.41) is 2.86. The molecular formula is C20H24N2O6. The van der Waals surface area contributed by atoms with E-state index in [-0.39, 0.29) is 18.3 Å². The highest BCUT2D eigenvalue weighted by atomic mass is 16.5. The Bertz CT molecular complexity index is 780. The van der Waals surface area contributed by atoms with E-state index < -0.39 is 5.97 Å². The van der Waals surface area contributed by atoms with Crippen molar-refractivity contribution >= 4 is 11.9 Å². The van der Waals surface area contributed by atoms with Crippen LogP contribution in [-0.2, 0) is 16.1 Å². The Morgan fingerprint density at radius 3 is 2.57 bits per heavy atom. The molecule has 2 aromatic rings. The molecule has 0 unspecified atom stereocenters. The summed E-state index contributed by atoms with van der Waals surface area (Å²) in [5.74, 6) is 0.723. The lowest BCUT2D eigenvalue weighted by atomic mass is 10.2. The van der Waals surface area contributed by atoms with Crippen molar-refractivity contribution in [2.75, 3.05) is 46.5 Å². The van der Waals surface area contributed by atoms with Gasteiger partial charge in [-0.3, -0.25) is 9.69 Å². The number of carbonyl (C=O) groups excluding carboxylic acids is 2. The van der Waals surface area contributed by atoms with Gasteiger partial charge in [0, 0.05) is 26.2 Å². The lowest BCUT2D eigenvalue weighted by Gasteiger charge is -2.26. The maximum Gasteiger partial charge on any atom is 0.337 e. The summed E-state index contributed by atoms with van der Waals surface area (Å²) in [7, 11) is 1.33. The average molecular weight is 388 g/mol. The fourth-order valence-electron chi connectivity index (χ4n) is 2.78. The summed E-state index contributed by atoms with van der Waals surface area (Å²) < 4.78 is 21.1. The first-order chi connectivity index (χ1) is 13.7. The van der Waals surface area contributed by atoms with Crippen LogP contribution in [0, 0.1) is 0 Å². The quantitative estimate of drug-likeness (QED) is 0.689. The van der Waals surface area contributed by atoms with Gasteiger partial charge in [-0.05, 0) is 36.4 Å². The molecule has 1 N–H and O–H groups in total. The number of benzene rings is 1. The zero-order chi connectivity index (χ0) is 19.8. The van der Waals surface area contributed by atoms with Crippen molar-refractivity contribution in [3.05, 3.63) is 53.5 Å². The van der Waals surface area contributed by atoms with E-state index in [0.29, 0.717) is 23.6 Å². The second-order valence-electron chi connectivity index (χ2n) is 6.28. The minimum Gasteiger partial charge on any atom is -0.486 e. The van der Waals surface area contributed by atoms with Crippen molar-refractivity contribution in [2.45, 2.75) is 6.61 Å². The molecule has 0 spiro atoms. The van der Waals surface area contributed by atoms with Gasteiger partial charge in [0.05, 0.1) is 25.9 Å². The standard InChI is InChI=1S/C20H24N2O6/c1-25-20(24)15-2-4-16(5-3-15)27-14-17-6-7-18(28-17)19(23)21-8-9-22-10-12-26-13-11-22/h2-7H,8-14H2,1H3,(H,21,23). The zero-order valence-corrected chi connectivity index (χ0v) is 15.8. The number of hydrogen-bond donors (Lipinski definition) is 1. The Hall–Kier alpha value is -2.84. The minimum atomic E-state index is -0.401. The molecule has 0 bridgehead atoms. The van der Waals surface area contributed by atoms with Crippen molar-refractivity contribution in [3.63, 3.8) is 0 Å². The van der Waals surface area contributed by atoms with E-state index in [4.69, 9.17) is 13.9 Å². The van der Waals surface area contributed by atoms with Crippen LogP contribution in [0.5, 0.6) is 5.75 Å². The van der Waals surface area contributed by atoms with E-state index in [2.05, 4.69) is 15.0 Å². The monoisotopic (exact) mass is 388 g/mol. The molecule has 2 heterocycles. The number of furan rings is 1. The van der Waals surface area contributed by atoms with Crippen molar-refractivity contribution in [1.82, 2.24) is 10.2 Å². The van der Waals surface area contributed by atoms with Crippen molar-refractivity contribution < 1.29 is 28.2 Å². The first kappa shape index (κ1) is 19.9. The van der Waals surface area contributed by atoms with E-state index >= 15 is 0 Å². The molecule has 1 saturated heterocycles. The first-order valence-electron chi connectivity index (χ1n) is 9.14. The van der Waals surface area contributed by atoms with Crippen LogP contribution >= 0.6 is 0 Å². The van der Waals surface area contributed by atoms with Crippen LogP contribution in [0.3, 0.4) is 0 Å². The lowest BCUT2D eigenvalue weighted by Crippen LogP contribution is -2.41. The predicted molar refractivity (Wildman–Crippen MR) is 100 cm³/mol. The number of carbonyl (C=O) groups is 2. The van der Waals surface area contributed by atoms with Gasteiger partial charge in [-0.15, -0.1) is 0 Å². The molecule has 1 fully saturated rings. The number of morpholine rings is 1. The molecule has 28 heavy (non-hydrogen) atoms. The van der Waals surface area contributed by atoms with Crippen molar-refractivity contribution in [1.29, 1.82) is 0 Å². The van der Waals surface area contributed by atoms with Crippen LogP contribution in [0.1, 0.15) is 26.7 Å².